The number of fused-ring (bicyclic) bond motifs is 6. The van der Waals surface area contributed by atoms with Crippen molar-refractivity contribution in [3.05, 3.63) is 133 Å². The summed E-state index contributed by atoms with van der Waals surface area (Å²) in [5.41, 5.74) is 34.5. The second-order valence-corrected chi connectivity index (χ2v) is 12.1. The molecule has 252 valence electrons. The molecule has 0 unspecified atom stereocenters. The number of anilines is 4. The highest BCUT2D eigenvalue weighted by Gasteiger charge is 2.24. The molecule has 0 spiro atoms. The van der Waals surface area contributed by atoms with E-state index in [0.29, 0.717) is 0 Å². The van der Waals surface area contributed by atoms with Crippen LogP contribution in [0.25, 0.3) is 65.9 Å². The second-order valence-electron chi connectivity index (χ2n) is 12.1. The molecular weight excluding hydrogens is 748 g/mol. The van der Waals surface area contributed by atoms with Crippen LogP contribution in [0.3, 0.4) is 0 Å². The summed E-state index contributed by atoms with van der Waals surface area (Å²) in [6.45, 7) is 6.03. The zero-order valence-corrected chi connectivity index (χ0v) is 31.2. The third-order valence-corrected chi connectivity index (χ3v) is 9.07. The Kier molecular flexibility index (Phi) is 10.9. The molecule has 0 aliphatic carbocycles. The van der Waals surface area contributed by atoms with Gasteiger partial charge in [0.2, 0.25) is 22.4 Å². The fourth-order valence-corrected chi connectivity index (χ4v) is 6.99. The van der Waals surface area contributed by atoms with E-state index in [1.54, 1.807) is 0 Å². The van der Waals surface area contributed by atoms with E-state index in [2.05, 4.69) is 120 Å². The van der Waals surface area contributed by atoms with Crippen LogP contribution >= 0.6 is 0 Å². The molecule has 6 nitrogen and oxygen atoms in total. The molecule has 6 aromatic carbocycles. The Morgan fingerprint density at radius 2 is 0.700 bits per heavy atom. The first-order valence-electron chi connectivity index (χ1n) is 16.4. The molecule has 0 aliphatic rings. The van der Waals surface area contributed by atoms with Crippen molar-refractivity contribution in [1.82, 2.24) is 0 Å². The van der Waals surface area contributed by atoms with Crippen molar-refractivity contribution < 1.29 is 43.1 Å². The highest BCUT2D eigenvalue weighted by atomic mass is 79.9. The minimum atomic E-state index is 0. The number of hydrogen-bond acceptors (Lipinski definition) is 4. The molecule has 0 saturated heterocycles. The number of nitrogens with zero attached hydrogens (tertiary/aromatic N) is 2. The molecule has 0 saturated carbocycles. The minimum absolute atomic E-state index is 0. The SMILES string of the molecule is CC[n+]1c(-c2ccccc2)c2cc(N)ccc2c2ccc(N)cc21.CC[n+]1c(-c2ccccc2)c2cc(N)ccc2c2ccc(N)cc21.[Br-].[Br-]. The number of aromatic nitrogens is 2. The maximum Gasteiger partial charge on any atom is 0.220 e. The average molecular weight is 789 g/mol. The predicted molar refractivity (Wildman–Crippen MR) is 203 cm³/mol. The number of aryl methyl sites for hydroxylation is 2. The quantitative estimate of drug-likeness (QED) is 0.125. The molecule has 50 heavy (non-hydrogen) atoms. The predicted octanol–water partition coefficient (Wildman–Crippen LogP) is 2.27. The fourth-order valence-electron chi connectivity index (χ4n) is 6.99. The maximum absolute atomic E-state index is 6.10. The molecule has 0 bridgehead atoms. The summed E-state index contributed by atoms with van der Waals surface area (Å²) >= 11 is 0. The van der Waals surface area contributed by atoms with E-state index in [-0.39, 0.29) is 34.0 Å². The standard InChI is InChI=1S/2C21H19N3.2BrH/c2*1-2-24-20-13-16(23)9-11-18(20)17-10-8-15(22)12-19(17)21(24)14-6-4-3-5-7-14;;/h2*3-13,23H,2,22H2,1H3;2*1H. The highest BCUT2D eigenvalue weighted by molar-refractivity contribution is 6.11. The van der Waals surface area contributed by atoms with Crippen LogP contribution in [-0.4, -0.2) is 0 Å². The molecule has 8 aromatic rings. The van der Waals surface area contributed by atoms with Crippen LogP contribution in [-0.2, 0) is 13.1 Å². The lowest BCUT2D eigenvalue weighted by atomic mass is 9.98. The highest BCUT2D eigenvalue weighted by Crippen LogP contribution is 2.34. The molecule has 0 radical (unpaired) electrons. The van der Waals surface area contributed by atoms with Crippen molar-refractivity contribution in [2.24, 2.45) is 0 Å². The van der Waals surface area contributed by atoms with Gasteiger partial charge in [0, 0.05) is 56.8 Å². The molecule has 8 rings (SSSR count). The Bertz CT molecular complexity index is 2290. The van der Waals surface area contributed by atoms with Gasteiger partial charge in [-0.15, -0.1) is 0 Å². The van der Waals surface area contributed by atoms with E-state index < -0.39 is 0 Å². The Labute approximate surface area is 313 Å². The summed E-state index contributed by atoms with van der Waals surface area (Å²) in [6, 6.07) is 45.4. The number of halogens is 2. The van der Waals surface area contributed by atoms with Gasteiger partial charge in [0.05, 0.1) is 21.5 Å². The van der Waals surface area contributed by atoms with E-state index >= 15 is 0 Å². The maximum atomic E-state index is 6.10. The van der Waals surface area contributed by atoms with Gasteiger partial charge in [-0.1, -0.05) is 48.5 Å². The number of nitrogen functional groups attached to an aromatic ring is 4. The Morgan fingerprint density at radius 1 is 0.380 bits per heavy atom. The zero-order valence-electron chi connectivity index (χ0n) is 28.1. The van der Waals surface area contributed by atoms with Gasteiger partial charge in [-0.3, -0.25) is 0 Å². The number of pyridine rings is 2. The van der Waals surface area contributed by atoms with E-state index in [1.807, 2.05) is 36.4 Å². The molecule has 0 aliphatic heterocycles. The first-order valence-corrected chi connectivity index (χ1v) is 16.4. The lowest BCUT2D eigenvalue weighted by Crippen LogP contribution is -3.00. The number of nitrogens with two attached hydrogens (primary N) is 4. The van der Waals surface area contributed by atoms with Gasteiger partial charge in [-0.2, -0.15) is 9.13 Å². The van der Waals surface area contributed by atoms with Crippen molar-refractivity contribution in [2.45, 2.75) is 26.9 Å². The summed E-state index contributed by atoms with van der Waals surface area (Å²) in [5.74, 6) is 0. The van der Waals surface area contributed by atoms with Crippen molar-refractivity contribution in [1.29, 1.82) is 0 Å². The lowest BCUT2D eigenvalue weighted by molar-refractivity contribution is -0.655. The first kappa shape index (κ1) is 36.1. The summed E-state index contributed by atoms with van der Waals surface area (Å²) in [7, 11) is 0. The van der Waals surface area contributed by atoms with Gasteiger partial charge in [-0.25, -0.2) is 0 Å². The number of benzene rings is 6. The van der Waals surface area contributed by atoms with Crippen molar-refractivity contribution in [2.75, 3.05) is 22.9 Å². The van der Waals surface area contributed by atoms with Gasteiger partial charge in [0.25, 0.3) is 0 Å². The number of rotatable bonds is 4. The van der Waals surface area contributed by atoms with Crippen LogP contribution in [0.1, 0.15) is 13.8 Å². The van der Waals surface area contributed by atoms with E-state index in [0.717, 1.165) is 46.9 Å². The molecule has 8 heteroatoms. The van der Waals surface area contributed by atoms with E-state index in [1.165, 1.54) is 54.8 Å². The van der Waals surface area contributed by atoms with Gasteiger partial charge in [0.15, 0.2) is 0 Å². The largest absolute Gasteiger partial charge is 1.00 e. The summed E-state index contributed by atoms with van der Waals surface area (Å²) in [5, 5.41) is 7.12. The van der Waals surface area contributed by atoms with Crippen molar-refractivity contribution >= 4 is 66.1 Å². The molecular formula is C42H40Br2N6. The molecule has 0 fully saturated rings. The Balaban J connectivity index is 0.000000187. The van der Waals surface area contributed by atoms with Crippen LogP contribution < -0.4 is 66.0 Å². The van der Waals surface area contributed by atoms with Crippen LogP contribution in [0.15, 0.2) is 133 Å². The van der Waals surface area contributed by atoms with Crippen molar-refractivity contribution in [3.63, 3.8) is 0 Å². The summed E-state index contributed by atoms with van der Waals surface area (Å²) in [4.78, 5) is 0. The van der Waals surface area contributed by atoms with Gasteiger partial charge in [-0.05, 0) is 86.6 Å². The molecule has 2 heterocycles. The van der Waals surface area contributed by atoms with E-state index in [9.17, 15) is 0 Å². The van der Waals surface area contributed by atoms with Crippen LogP contribution in [0.5, 0.6) is 0 Å². The van der Waals surface area contributed by atoms with Crippen molar-refractivity contribution in [3.8, 4) is 22.5 Å². The molecule has 0 atom stereocenters. The van der Waals surface area contributed by atoms with Crippen LogP contribution in [0, 0.1) is 0 Å². The third-order valence-electron chi connectivity index (χ3n) is 9.07. The summed E-state index contributed by atoms with van der Waals surface area (Å²) < 4.78 is 4.64. The monoisotopic (exact) mass is 786 g/mol. The number of hydrogen-bond donors (Lipinski definition) is 4. The molecule has 2 aromatic heterocycles. The van der Waals surface area contributed by atoms with E-state index in [4.69, 9.17) is 22.9 Å². The third kappa shape index (κ3) is 6.56. The second kappa shape index (κ2) is 15.2. The average Bonchev–Trinajstić information content (AvgIpc) is 3.11. The summed E-state index contributed by atoms with van der Waals surface area (Å²) in [6.07, 6.45) is 0. The molecule has 0 amide bonds. The smallest absolute Gasteiger partial charge is 0.220 e. The minimum Gasteiger partial charge on any atom is -1.00 e. The van der Waals surface area contributed by atoms with Crippen LogP contribution in [0.4, 0.5) is 22.7 Å². The normalized spacial score (nSPS) is 10.8. The van der Waals surface area contributed by atoms with Gasteiger partial charge >= 0.3 is 0 Å². The van der Waals surface area contributed by atoms with Gasteiger partial charge in [0.1, 0.15) is 13.1 Å². The Morgan fingerprint density at radius 3 is 1.04 bits per heavy atom. The topological polar surface area (TPSA) is 112 Å². The fraction of sp³-hybridized carbons (Fsp3) is 0.0952. The first-order chi connectivity index (χ1) is 23.4. The zero-order chi connectivity index (χ0) is 33.4. The Hall–Kier alpha value is -5.18. The van der Waals surface area contributed by atoms with Crippen LogP contribution in [0.2, 0.25) is 0 Å². The van der Waals surface area contributed by atoms with Gasteiger partial charge < -0.3 is 56.9 Å². The molecule has 8 N–H and O–H groups in total. The lowest BCUT2D eigenvalue weighted by Gasteiger charge is -2.12.